The van der Waals surface area contributed by atoms with E-state index in [0.29, 0.717) is 6.54 Å². The molecule has 1 amide bonds. The van der Waals surface area contributed by atoms with Crippen molar-refractivity contribution >= 4 is 36.4 Å². The van der Waals surface area contributed by atoms with E-state index in [4.69, 9.17) is 0 Å². The zero-order chi connectivity index (χ0) is 17.2. The molecule has 144 valence electrons. The van der Waals surface area contributed by atoms with Crippen molar-refractivity contribution in [1.29, 1.82) is 0 Å². The lowest BCUT2D eigenvalue weighted by atomic mass is 9.90. The Morgan fingerprint density at radius 1 is 1.22 bits per heavy atom. The summed E-state index contributed by atoms with van der Waals surface area (Å²) in [7, 11) is 1.89. The molecule has 1 aliphatic heterocycles. The fourth-order valence-electron chi connectivity index (χ4n) is 3.30. The van der Waals surface area contributed by atoms with E-state index < -0.39 is 0 Å². The molecule has 2 aromatic heterocycles. The summed E-state index contributed by atoms with van der Waals surface area (Å²) in [5.74, 6) is 0.0886. The molecule has 4 rings (SSSR count). The highest BCUT2D eigenvalue weighted by molar-refractivity contribution is 5.93. The molecule has 1 aromatic carbocycles. The van der Waals surface area contributed by atoms with E-state index in [1.165, 1.54) is 0 Å². The molecule has 0 unspecified atom stereocenters. The normalized spacial score (nSPS) is 18.4. The van der Waals surface area contributed by atoms with Crippen molar-refractivity contribution in [2.24, 2.45) is 13.0 Å². The monoisotopic (exact) mass is 408 g/mol. The number of aromatic nitrogens is 4. The number of anilines is 1. The first kappa shape index (κ1) is 21.0. The van der Waals surface area contributed by atoms with E-state index in [9.17, 15) is 4.79 Å². The van der Waals surface area contributed by atoms with Crippen molar-refractivity contribution in [1.82, 2.24) is 24.6 Å². The van der Waals surface area contributed by atoms with E-state index >= 15 is 0 Å². The average Bonchev–Trinajstić information content (AvgIpc) is 3.36. The molecule has 0 aliphatic carbocycles. The Bertz CT molecular complexity index is 862. The van der Waals surface area contributed by atoms with Gasteiger partial charge in [-0.3, -0.25) is 9.48 Å². The van der Waals surface area contributed by atoms with Gasteiger partial charge < -0.3 is 15.2 Å². The van der Waals surface area contributed by atoms with Gasteiger partial charge in [0.2, 0.25) is 5.91 Å². The van der Waals surface area contributed by atoms with Gasteiger partial charge in [0, 0.05) is 56.0 Å². The molecule has 0 radical (unpaired) electrons. The summed E-state index contributed by atoms with van der Waals surface area (Å²) in [6.45, 7) is 1.47. The fourth-order valence-corrected chi connectivity index (χ4v) is 3.30. The van der Waals surface area contributed by atoms with Crippen molar-refractivity contribution in [3.05, 3.63) is 60.9 Å². The van der Waals surface area contributed by atoms with Gasteiger partial charge >= 0.3 is 0 Å². The molecule has 27 heavy (non-hydrogen) atoms. The van der Waals surface area contributed by atoms with Gasteiger partial charge in [0.25, 0.3) is 0 Å². The van der Waals surface area contributed by atoms with Crippen LogP contribution in [0.5, 0.6) is 0 Å². The number of nitrogens with zero attached hydrogens (tertiary/aromatic N) is 4. The first-order chi connectivity index (χ1) is 12.2. The third-order valence-corrected chi connectivity index (χ3v) is 4.64. The lowest BCUT2D eigenvalue weighted by Gasteiger charge is -2.17. The standard InChI is InChI=1S/C18H20N6O.2ClH/c1-23-11-13(8-21-23)16-9-20-10-17(16)18(25)22-14-2-4-15(5-3-14)24-7-6-19-12-24;;/h2-8,11-12,16-17,20H,9-10H2,1H3,(H,22,25);2*1H/t16-,17+;;/m1../s1. The summed E-state index contributed by atoms with van der Waals surface area (Å²) in [4.78, 5) is 16.8. The highest BCUT2D eigenvalue weighted by Crippen LogP contribution is 2.29. The van der Waals surface area contributed by atoms with Gasteiger partial charge in [0.05, 0.1) is 18.4 Å². The first-order valence-corrected chi connectivity index (χ1v) is 8.29. The van der Waals surface area contributed by atoms with Gasteiger partial charge in [0.15, 0.2) is 0 Å². The molecule has 2 N–H and O–H groups in total. The van der Waals surface area contributed by atoms with Crippen LogP contribution in [-0.4, -0.2) is 38.3 Å². The second-order valence-electron chi connectivity index (χ2n) is 6.32. The molecule has 9 heteroatoms. The number of amides is 1. The van der Waals surface area contributed by atoms with Crippen LogP contribution in [0.2, 0.25) is 0 Å². The first-order valence-electron chi connectivity index (χ1n) is 8.29. The van der Waals surface area contributed by atoms with Crippen LogP contribution in [0.25, 0.3) is 5.69 Å². The number of halogens is 2. The average molecular weight is 409 g/mol. The topological polar surface area (TPSA) is 76.8 Å². The van der Waals surface area contributed by atoms with Crippen LogP contribution in [0.4, 0.5) is 5.69 Å². The molecule has 0 spiro atoms. The Hall–Kier alpha value is -2.35. The number of aryl methyl sites for hydroxylation is 1. The van der Waals surface area contributed by atoms with Crippen LogP contribution in [-0.2, 0) is 11.8 Å². The predicted molar refractivity (Wildman–Crippen MR) is 109 cm³/mol. The number of hydrogen-bond acceptors (Lipinski definition) is 4. The second-order valence-corrected chi connectivity index (χ2v) is 6.32. The fraction of sp³-hybridized carbons (Fsp3) is 0.278. The number of hydrogen-bond donors (Lipinski definition) is 2. The molecule has 3 heterocycles. The van der Waals surface area contributed by atoms with E-state index in [1.54, 1.807) is 17.2 Å². The number of nitrogens with one attached hydrogen (secondary N) is 2. The summed E-state index contributed by atoms with van der Waals surface area (Å²) in [6, 6.07) is 7.75. The maximum absolute atomic E-state index is 12.7. The maximum atomic E-state index is 12.7. The molecular weight excluding hydrogens is 387 g/mol. The number of benzene rings is 1. The van der Waals surface area contributed by atoms with E-state index in [1.807, 2.05) is 54.5 Å². The smallest absolute Gasteiger partial charge is 0.229 e. The molecular formula is C18H22Cl2N6O. The molecule has 1 fully saturated rings. The van der Waals surface area contributed by atoms with Gasteiger partial charge in [-0.05, 0) is 29.8 Å². The molecule has 3 aromatic rings. The third kappa shape index (κ3) is 4.50. The second kappa shape index (κ2) is 9.03. The summed E-state index contributed by atoms with van der Waals surface area (Å²) in [6.07, 6.45) is 9.20. The Morgan fingerprint density at radius 3 is 2.63 bits per heavy atom. The summed E-state index contributed by atoms with van der Waals surface area (Å²) in [5.41, 5.74) is 2.90. The summed E-state index contributed by atoms with van der Waals surface area (Å²) < 4.78 is 3.70. The van der Waals surface area contributed by atoms with Gasteiger partial charge in [0.1, 0.15) is 0 Å². The molecule has 1 saturated heterocycles. The van der Waals surface area contributed by atoms with Crippen molar-refractivity contribution in [3.63, 3.8) is 0 Å². The molecule has 7 nitrogen and oxygen atoms in total. The van der Waals surface area contributed by atoms with Crippen molar-refractivity contribution < 1.29 is 4.79 Å². The quantitative estimate of drug-likeness (QED) is 0.694. The number of carbonyl (C=O) groups is 1. The van der Waals surface area contributed by atoms with Crippen LogP contribution in [0, 0.1) is 5.92 Å². The van der Waals surface area contributed by atoms with Crippen LogP contribution >= 0.6 is 24.8 Å². The van der Waals surface area contributed by atoms with Crippen LogP contribution in [0.15, 0.2) is 55.4 Å². The zero-order valence-electron chi connectivity index (χ0n) is 14.8. The van der Waals surface area contributed by atoms with Crippen LogP contribution < -0.4 is 10.6 Å². The number of imidazole rings is 1. The lowest BCUT2D eigenvalue weighted by molar-refractivity contribution is -0.119. The largest absolute Gasteiger partial charge is 0.326 e. The number of rotatable bonds is 4. The Balaban J connectivity index is 0.00000131. The van der Waals surface area contributed by atoms with Gasteiger partial charge in [-0.1, -0.05) is 0 Å². The van der Waals surface area contributed by atoms with Crippen molar-refractivity contribution in [2.75, 3.05) is 18.4 Å². The minimum absolute atomic E-state index is 0. The van der Waals surface area contributed by atoms with Gasteiger partial charge in [-0.25, -0.2) is 4.98 Å². The lowest BCUT2D eigenvalue weighted by Crippen LogP contribution is -2.28. The highest BCUT2D eigenvalue weighted by atomic mass is 35.5. The number of carbonyl (C=O) groups excluding carboxylic acids is 1. The third-order valence-electron chi connectivity index (χ3n) is 4.64. The molecule has 0 saturated carbocycles. The Morgan fingerprint density at radius 2 is 2.00 bits per heavy atom. The minimum Gasteiger partial charge on any atom is -0.326 e. The SMILES string of the molecule is Cl.Cl.Cn1cc([C@H]2CNC[C@@H]2C(=O)Nc2ccc(-n3ccnc3)cc2)cn1. The summed E-state index contributed by atoms with van der Waals surface area (Å²) in [5, 5.41) is 10.6. The van der Waals surface area contributed by atoms with Crippen molar-refractivity contribution in [3.8, 4) is 5.69 Å². The Kier molecular flexibility index (Phi) is 7.01. The van der Waals surface area contributed by atoms with Crippen LogP contribution in [0.1, 0.15) is 11.5 Å². The van der Waals surface area contributed by atoms with Crippen molar-refractivity contribution in [2.45, 2.75) is 5.92 Å². The van der Waals surface area contributed by atoms with E-state index in [0.717, 1.165) is 23.5 Å². The van der Waals surface area contributed by atoms with E-state index in [-0.39, 0.29) is 42.6 Å². The molecule has 1 aliphatic rings. The molecule has 0 bridgehead atoms. The Labute approximate surface area is 170 Å². The zero-order valence-corrected chi connectivity index (χ0v) is 16.4. The van der Waals surface area contributed by atoms with Gasteiger partial charge in [-0.2, -0.15) is 5.10 Å². The van der Waals surface area contributed by atoms with Crippen LogP contribution in [0.3, 0.4) is 0 Å². The summed E-state index contributed by atoms with van der Waals surface area (Å²) >= 11 is 0. The predicted octanol–water partition coefficient (Wildman–Crippen LogP) is 2.39. The highest BCUT2D eigenvalue weighted by Gasteiger charge is 2.34. The molecule has 2 atom stereocenters. The minimum atomic E-state index is -0.0995. The van der Waals surface area contributed by atoms with E-state index in [2.05, 4.69) is 20.7 Å². The van der Waals surface area contributed by atoms with Gasteiger partial charge in [-0.15, -0.1) is 24.8 Å². The maximum Gasteiger partial charge on any atom is 0.229 e.